The molecular formula is C14H21BrN2O2S. The number of nitrogens with zero attached hydrogens (tertiary/aromatic N) is 1. The van der Waals surface area contributed by atoms with Gasteiger partial charge in [0, 0.05) is 16.4 Å². The van der Waals surface area contributed by atoms with E-state index in [-0.39, 0.29) is 12.0 Å². The van der Waals surface area contributed by atoms with Gasteiger partial charge in [0.05, 0.1) is 6.61 Å². The summed E-state index contributed by atoms with van der Waals surface area (Å²) in [5, 5.41) is 4.18. The molecule has 0 bridgehead atoms. The maximum atomic E-state index is 11.8. The number of carbonyl (C=O) groups excluding carboxylic acids is 1. The fourth-order valence-electron chi connectivity index (χ4n) is 1.62. The van der Waals surface area contributed by atoms with Crippen LogP contribution in [-0.2, 0) is 9.53 Å². The molecule has 6 heteroatoms. The van der Waals surface area contributed by atoms with Crippen molar-refractivity contribution in [2.75, 3.05) is 18.9 Å². The molecule has 0 fully saturated rings. The molecule has 1 N–H and O–H groups in total. The molecule has 4 nitrogen and oxygen atoms in total. The van der Waals surface area contributed by atoms with Crippen molar-refractivity contribution in [1.29, 1.82) is 0 Å². The van der Waals surface area contributed by atoms with Gasteiger partial charge >= 0.3 is 5.97 Å². The van der Waals surface area contributed by atoms with Crippen LogP contribution in [0.1, 0.15) is 26.7 Å². The van der Waals surface area contributed by atoms with Gasteiger partial charge in [0.25, 0.3) is 0 Å². The summed E-state index contributed by atoms with van der Waals surface area (Å²) in [5.74, 6) is 0.650. The second kappa shape index (κ2) is 10.2. The number of halogens is 1. The molecule has 0 spiro atoms. The molecule has 1 unspecified atom stereocenters. The van der Waals surface area contributed by atoms with E-state index in [0.717, 1.165) is 34.6 Å². The highest BCUT2D eigenvalue weighted by Gasteiger charge is 2.18. The highest BCUT2D eigenvalue weighted by atomic mass is 79.9. The monoisotopic (exact) mass is 360 g/mol. The van der Waals surface area contributed by atoms with E-state index in [1.165, 1.54) is 0 Å². The Labute approximate surface area is 133 Å². The molecule has 0 amide bonds. The number of nitrogens with one attached hydrogen (secondary N) is 1. The standard InChI is InChI=1S/C14H21BrN2O2S/c1-3-8-16-12(14(18)19-4-2)7-10-20-13-11(15)6-5-9-17-13/h5-6,9,12,16H,3-4,7-8,10H2,1-2H3. The maximum absolute atomic E-state index is 11.8. The SMILES string of the molecule is CCCNC(CCSc1ncccc1Br)C(=O)OCC. The largest absolute Gasteiger partial charge is 0.465 e. The van der Waals surface area contributed by atoms with Gasteiger partial charge in [-0.05, 0) is 54.4 Å². The first-order valence-electron chi connectivity index (χ1n) is 6.82. The summed E-state index contributed by atoms with van der Waals surface area (Å²) in [4.78, 5) is 16.1. The van der Waals surface area contributed by atoms with Gasteiger partial charge in [0.1, 0.15) is 11.1 Å². The van der Waals surface area contributed by atoms with Crippen molar-refractivity contribution in [3.05, 3.63) is 22.8 Å². The summed E-state index contributed by atoms with van der Waals surface area (Å²) in [6.45, 7) is 5.15. The third-order valence-electron chi connectivity index (χ3n) is 2.58. The van der Waals surface area contributed by atoms with Crippen molar-refractivity contribution in [1.82, 2.24) is 10.3 Å². The van der Waals surface area contributed by atoms with Crippen LogP contribution in [0.15, 0.2) is 27.8 Å². The minimum absolute atomic E-state index is 0.165. The minimum atomic E-state index is -0.232. The molecule has 0 aliphatic carbocycles. The zero-order chi connectivity index (χ0) is 14.8. The maximum Gasteiger partial charge on any atom is 0.323 e. The highest BCUT2D eigenvalue weighted by molar-refractivity contribution is 9.10. The molecular weight excluding hydrogens is 340 g/mol. The van der Waals surface area contributed by atoms with Crippen LogP contribution in [0.3, 0.4) is 0 Å². The quantitative estimate of drug-likeness (QED) is 0.541. The van der Waals surface area contributed by atoms with Gasteiger partial charge in [0.15, 0.2) is 0 Å². The Balaban J connectivity index is 2.45. The fraction of sp³-hybridized carbons (Fsp3) is 0.571. The first-order valence-corrected chi connectivity index (χ1v) is 8.60. The summed E-state index contributed by atoms with van der Waals surface area (Å²) in [6, 6.07) is 3.62. The molecule has 0 saturated heterocycles. The lowest BCUT2D eigenvalue weighted by atomic mass is 10.2. The highest BCUT2D eigenvalue weighted by Crippen LogP contribution is 2.25. The van der Waals surface area contributed by atoms with E-state index in [1.54, 1.807) is 18.0 Å². The van der Waals surface area contributed by atoms with Crippen molar-refractivity contribution in [2.24, 2.45) is 0 Å². The van der Waals surface area contributed by atoms with Crippen LogP contribution in [0.25, 0.3) is 0 Å². The Bertz CT molecular complexity index is 418. The van der Waals surface area contributed by atoms with E-state index >= 15 is 0 Å². The van der Waals surface area contributed by atoms with Gasteiger partial charge in [-0.15, -0.1) is 11.8 Å². The lowest BCUT2D eigenvalue weighted by Gasteiger charge is -2.16. The summed E-state index contributed by atoms with van der Waals surface area (Å²) in [5.41, 5.74) is 0. The molecule has 0 aliphatic heterocycles. The minimum Gasteiger partial charge on any atom is -0.465 e. The molecule has 0 radical (unpaired) electrons. The number of esters is 1. The van der Waals surface area contributed by atoms with Crippen molar-refractivity contribution >= 4 is 33.7 Å². The van der Waals surface area contributed by atoms with E-state index in [0.29, 0.717) is 6.61 Å². The molecule has 0 saturated carbocycles. The van der Waals surface area contributed by atoms with Crippen LogP contribution in [0.4, 0.5) is 0 Å². The van der Waals surface area contributed by atoms with Crippen LogP contribution in [0.2, 0.25) is 0 Å². The van der Waals surface area contributed by atoms with E-state index in [1.807, 2.05) is 19.1 Å². The zero-order valence-corrected chi connectivity index (χ0v) is 14.3. The first kappa shape index (κ1) is 17.5. The second-order valence-electron chi connectivity index (χ2n) is 4.19. The van der Waals surface area contributed by atoms with E-state index in [4.69, 9.17) is 4.74 Å². The first-order chi connectivity index (χ1) is 9.69. The number of hydrogen-bond donors (Lipinski definition) is 1. The average Bonchev–Trinajstić information content (AvgIpc) is 2.44. The topological polar surface area (TPSA) is 51.2 Å². The van der Waals surface area contributed by atoms with Gasteiger partial charge in [-0.1, -0.05) is 6.92 Å². The summed E-state index contributed by atoms with van der Waals surface area (Å²) in [7, 11) is 0. The van der Waals surface area contributed by atoms with E-state index in [2.05, 4.69) is 33.2 Å². The molecule has 1 atom stereocenters. The average molecular weight is 361 g/mol. The number of ether oxygens (including phenoxy) is 1. The van der Waals surface area contributed by atoms with Gasteiger partial charge in [0.2, 0.25) is 0 Å². The Hall–Kier alpha value is -0.590. The van der Waals surface area contributed by atoms with Gasteiger partial charge < -0.3 is 10.1 Å². The smallest absolute Gasteiger partial charge is 0.323 e. The van der Waals surface area contributed by atoms with E-state index < -0.39 is 0 Å². The van der Waals surface area contributed by atoms with Crippen LogP contribution >= 0.6 is 27.7 Å². The van der Waals surface area contributed by atoms with Crippen molar-refractivity contribution in [2.45, 2.75) is 37.8 Å². The lowest BCUT2D eigenvalue weighted by Crippen LogP contribution is -2.39. The van der Waals surface area contributed by atoms with Crippen molar-refractivity contribution < 1.29 is 9.53 Å². The molecule has 0 aliphatic rings. The zero-order valence-electron chi connectivity index (χ0n) is 11.9. The van der Waals surface area contributed by atoms with Crippen LogP contribution in [0, 0.1) is 0 Å². The number of carbonyl (C=O) groups is 1. The van der Waals surface area contributed by atoms with Crippen molar-refractivity contribution in [3.63, 3.8) is 0 Å². The Morgan fingerprint density at radius 3 is 3.00 bits per heavy atom. The lowest BCUT2D eigenvalue weighted by molar-refractivity contribution is -0.145. The molecule has 20 heavy (non-hydrogen) atoms. The number of aromatic nitrogens is 1. The molecule has 0 aromatic carbocycles. The Morgan fingerprint density at radius 2 is 2.35 bits per heavy atom. The van der Waals surface area contributed by atoms with Crippen LogP contribution in [-0.4, -0.2) is 35.9 Å². The van der Waals surface area contributed by atoms with Crippen LogP contribution < -0.4 is 5.32 Å². The number of rotatable bonds is 9. The molecule has 1 aromatic rings. The normalized spacial score (nSPS) is 12.2. The predicted octanol–water partition coefficient (Wildman–Crippen LogP) is 3.26. The van der Waals surface area contributed by atoms with Crippen molar-refractivity contribution in [3.8, 4) is 0 Å². The van der Waals surface area contributed by atoms with Crippen LogP contribution in [0.5, 0.6) is 0 Å². The third-order valence-corrected chi connectivity index (χ3v) is 4.52. The van der Waals surface area contributed by atoms with E-state index in [9.17, 15) is 4.79 Å². The number of pyridine rings is 1. The fourth-order valence-corrected chi connectivity index (χ4v) is 3.10. The van der Waals surface area contributed by atoms with Gasteiger partial charge in [-0.2, -0.15) is 0 Å². The Kier molecular flexibility index (Phi) is 8.89. The summed E-state index contributed by atoms with van der Waals surface area (Å²) < 4.78 is 6.08. The number of thioether (sulfide) groups is 1. The second-order valence-corrected chi connectivity index (χ2v) is 6.12. The Morgan fingerprint density at radius 1 is 1.55 bits per heavy atom. The predicted molar refractivity (Wildman–Crippen MR) is 86.0 cm³/mol. The van der Waals surface area contributed by atoms with Gasteiger partial charge in [-0.25, -0.2) is 4.98 Å². The molecule has 1 aromatic heterocycles. The summed E-state index contributed by atoms with van der Waals surface area (Å²) in [6.07, 6.45) is 3.49. The molecule has 1 heterocycles. The third kappa shape index (κ3) is 6.24. The summed E-state index contributed by atoms with van der Waals surface area (Å²) >= 11 is 5.11. The molecule has 1 rings (SSSR count). The number of hydrogen-bond acceptors (Lipinski definition) is 5. The van der Waals surface area contributed by atoms with Gasteiger partial charge in [-0.3, -0.25) is 4.79 Å². The molecule has 112 valence electrons.